The number of phenols is 1. The SMILES string of the molecule is O=C(NC1CCc2cc(O)ccc2C1)c1cc(C2CC2)on1. The van der Waals surface area contributed by atoms with Crippen molar-refractivity contribution in [3.8, 4) is 5.75 Å². The monoisotopic (exact) mass is 298 g/mol. The number of aryl methyl sites for hydroxylation is 1. The largest absolute Gasteiger partial charge is 0.508 e. The molecule has 2 N–H and O–H groups in total. The Hall–Kier alpha value is -2.30. The number of hydrogen-bond acceptors (Lipinski definition) is 4. The van der Waals surface area contributed by atoms with Crippen molar-refractivity contribution >= 4 is 5.91 Å². The van der Waals surface area contributed by atoms with Crippen LogP contribution in [0, 0.1) is 0 Å². The fourth-order valence-corrected chi connectivity index (χ4v) is 3.08. The van der Waals surface area contributed by atoms with E-state index in [1.54, 1.807) is 12.1 Å². The van der Waals surface area contributed by atoms with Crippen LogP contribution in [0.5, 0.6) is 5.75 Å². The van der Waals surface area contributed by atoms with Gasteiger partial charge in [-0.15, -0.1) is 0 Å². The van der Waals surface area contributed by atoms with Crippen LogP contribution in [0.25, 0.3) is 0 Å². The van der Waals surface area contributed by atoms with Gasteiger partial charge in [-0.3, -0.25) is 4.79 Å². The highest BCUT2D eigenvalue weighted by molar-refractivity contribution is 5.92. The number of aromatic nitrogens is 1. The Kier molecular flexibility index (Phi) is 3.13. The van der Waals surface area contributed by atoms with E-state index >= 15 is 0 Å². The second-order valence-electron chi connectivity index (χ2n) is 6.25. The molecular weight excluding hydrogens is 280 g/mol. The Morgan fingerprint density at radius 2 is 2.09 bits per heavy atom. The minimum Gasteiger partial charge on any atom is -0.508 e. The molecule has 5 heteroatoms. The fourth-order valence-electron chi connectivity index (χ4n) is 3.08. The van der Waals surface area contributed by atoms with Gasteiger partial charge in [0.1, 0.15) is 11.5 Å². The van der Waals surface area contributed by atoms with Crippen LogP contribution in [0.15, 0.2) is 28.8 Å². The Balaban J connectivity index is 1.42. The molecule has 1 saturated carbocycles. The Morgan fingerprint density at radius 1 is 1.23 bits per heavy atom. The third kappa shape index (κ3) is 2.58. The van der Waals surface area contributed by atoms with E-state index in [1.165, 1.54) is 11.1 Å². The first-order valence-electron chi connectivity index (χ1n) is 7.77. The van der Waals surface area contributed by atoms with E-state index in [-0.39, 0.29) is 11.9 Å². The smallest absolute Gasteiger partial charge is 0.273 e. The van der Waals surface area contributed by atoms with E-state index in [1.807, 2.05) is 12.1 Å². The molecule has 1 aromatic heterocycles. The molecule has 0 radical (unpaired) electrons. The maximum atomic E-state index is 12.3. The summed E-state index contributed by atoms with van der Waals surface area (Å²) in [5.41, 5.74) is 2.73. The molecule has 2 aliphatic carbocycles. The van der Waals surface area contributed by atoms with Gasteiger partial charge in [0.05, 0.1) is 0 Å². The second kappa shape index (κ2) is 5.16. The summed E-state index contributed by atoms with van der Waals surface area (Å²) < 4.78 is 5.23. The number of benzene rings is 1. The number of rotatable bonds is 3. The van der Waals surface area contributed by atoms with E-state index < -0.39 is 0 Å². The predicted octanol–water partition coefficient (Wildman–Crippen LogP) is 2.54. The maximum absolute atomic E-state index is 12.3. The quantitative estimate of drug-likeness (QED) is 0.913. The molecule has 5 nitrogen and oxygen atoms in total. The van der Waals surface area contributed by atoms with E-state index in [4.69, 9.17) is 4.52 Å². The molecule has 2 aromatic rings. The number of hydrogen-bond donors (Lipinski definition) is 2. The summed E-state index contributed by atoms with van der Waals surface area (Å²) in [6.07, 6.45) is 4.77. The summed E-state index contributed by atoms with van der Waals surface area (Å²) in [5, 5.41) is 16.4. The standard InChI is InChI=1S/C17H18N2O3/c20-14-6-4-11-7-13(5-3-12(11)8-14)18-17(21)15-9-16(22-19-15)10-1-2-10/h4,6,8-10,13,20H,1-3,5,7H2,(H,18,21). The van der Waals surface area contributed by atoms with Crippen LogP contribution in [0.4, 0.5) is 0 Å². The van der Waals surface area contributed by atoms with Gasteiger partial charge in [0.2, 0.25) is 0 Å². The summed E-state index contributed by atoms with van der Waals surface area (Å²) >= 11 is 0. The van der Waals surface area contributed by atoms with Crippen molar-refractivity contribution in [3.05, 3.63) is 46.8 Å². The number of nitrogens with one attached hydrogen (secondary N) is 1. The number of carbonyl (C=O) groups is 1. The van der Waals surface area contributed by atoms with Gasteiger partial charge in [-0.2, -0.15) is 0 Å². The number of carbonyl (C=O) groups excluding carboxylic acids is 1. The molecule has 4 rings (SSSR count). The van der Waals surface area contributed by atoms with Crippen LogP contribution in [0.2, 0.25) is 0 Å². The van der Waals surface area contributed by atoms with E-state index in [0.717, 1.165) is 37.9 Å². The number of nitrogens with zero attached hydrogens (tertiary/aromatic N) is 1. The average Bonchev–Trinajstić information content (AvgIpc) is 3.24. The Labute approximate surface area is 128 Å². The molecule has 0 spiro atoms. The molecule has 1 aromatic carbocycles. The van der Waals surface area contributed by atoms with E-state index in [9.17, 15) is 9.90 Å². The van der Waals surface area contributed by atoms with Gasteiger partial charge in [-0.1, -0.05) is 11.2 Å². The van der Waals surface area contributed by atoms with Crippen molar-refractivity contribution in [2.24, 2.45) is 0 Å². The van der Waals surface area contributed by atoms with E-state index in [0.29, 0.717) is 17.4 Å². The molecule has 0 bridgehead atoms. The molecule has 22 heavy (non-hydrogen) atoms. The van der Waals surface area contributed by atoms with Gasteiger partial charge < -0.3 is 14.9 Å². The summed E-state index contributed by atoms with van der Waals surface area (Å²) in [6, 6.07) is 7.31. The van der Waals surface area contributed by atoms with Crippen LogP contribution in [-0.2, 0) is 12.8 Å². The van der Waals surface area contributed by atoms with Gasteiger partial charge in [-0.05, 0) is 55.4 Å². The Bertz CT molecular complexity index is 718. The van der Waals surface area contributed by atoms with Crippen molar-refractivity contribution in [3.63, 3.8) is 0 Å². The minimum atomic E-state index is -0.164. The molecule has 0 saturated heterocycles. The van der Waals surface area contributed by atoms with Crippen LogP contribution in [0.3, 0.4) is 0 Å². The topological polar surface area (TPSA) is 75.4 Å². The second-order valence-corrected chi connectivity index (χ2v) is 6.25. The lowest BCUT2D eigenvalue weighted by Crippen LogP contribution is -2.39. The van der Waals surface area contributed by atoms with Crippen molar-refractivity contribution < 1.29 is 14.4 Å². The van der Waals surface area contributed by atoms with Gasteiger partial charge in [0.25, 0.3) is 5.91 Å². The zero-order valence-corrected chi connectivity index (χ0v) is 12.2. The summed E-state index contributed by atoms with van der Waals surface area (Å²) in [5.74, 6) is 1.43. The molecular formula is C17H18N2O3. The van der Waals surface area contributed by atoms with Gasteiger partial charge in [0, 0.05) is 18.0 Å². The molecule has 1 unspecified atom stereocenters. The first kappa shape index (κ1) is 13.4. The number of aromatic hydroxyl groups is 1. The third-order valence-corrected chi connectivity index (χ3v) is 4.49. The summed E-state index contributed by atoms with van der Waals surface area (Å²) in [7, 11) is 0. The number of phenolic OH excluding ortho intramolecular Hbond substituents is 1. The average molecular weight is 298 g/mol. The van der Waals surface area contributed by atoms with Gasteiger partial charge in [-0.25, -0.2) is 0 Å². The summed E-state index contributed by atoms with van der Waals surface area (Å²) in [4.78, 5) is 12.3. The Morgan fingerprint density at radius 3 is 2.91 bits per heavy atom. The highest BCUT2D eigenvalue weighted by Gasteiger charge is 2.29. The van der Waals surface area contributed by atoms with Gasteiger partial charge in [0.15, 0.2) is 5.69 Å². The van der Waals surface area contributed by atoms with E-state index in [2.05, 4.69) is 10.5 Å². The molecule has 1 atom stereocenters. The van der Waals surface area contributed by atoms with Crippen LogP contribution in [0.1, 0.15) is 52.6 Å². The van der Waals surface area contributed by atoms with Crippen molar-refractivity contribution in [1.29, 1.82) is 0 Å². The van der Waals surface area contributed by atoms with Crippen molar-refractivity contribution in [1.82, 2.24) is 10.5 Å². The number of fused-ring (bicyclic) bond motifs is 1. The predicted molar refractivity (Wildman–Crippen MR) is 79.9 cm³/mol. The zero-order valence-electron chi connectivity index (χ0n) is 12.2. The lowest BCUT2D eigenvalue weighted by Gasteiger charge is -2.25. The maximum Gasteiger partial charge on any atom is 0.273 e. The van der Waals surface area contributed by atoms with Crippen LogP contribution < -0.4 is 5.32 Å². The molecule has 1 amide bonds. The fraction of sp³-hybridized carbons (Fsp3) is 0.412. The number of amides is 1. The molecule has 1 fully saturated rings. The van der Waals surface area contributed by atoms with Crippen LogP contribution >= 0.6 is 0 Å². The minimum absolute atomic E-state index is 0.102. The highest BCUT2D eigenvalue weighted by atomic mass is 16.5. The lowest BCUT2D eigenvalue weighted by molar-refractivity contribution is 0.0924. The molecule has 2 aliphatic rings. The molecule has 1 heterocycles. The van der Waals surface area contributed by atoms with Crippen LogP contribution in [-0.4, -0.2) is 22.2 Å². The third-order valence-electron chi connectivity index (χ3n) is 4.49. The van der Waals surface area contributed by atoms with Crippen molar-refractivity contribution in [2.45, 2.75) is 44.1 Å². The summed E-state index contributed by atoms with van der Waals surface area (Å²) in [6.45, 7) is 0. The lowest BCUT2D eigenvalue weighted by atomic mass is 9.88. The molecule has 114 valence electrons. The van der Waals surface area contributed by atoms with Crippen molar-refractivity contribution in [2.75, 3.05) is 0 Å². The first-order chi connectivity index (χ1) is 10.7. The molecule has 0 aliphatic heterocycles. The zero-order chi connectivity index (χ0) is 15.1. The highest BCUT2D eigenvalue weighted by Crippen LogP contribution is 2.40. The normalized spacial score (nSPS) is 20.5. The first-order valence-corrected chi connectivity index (χ1v) is 7.77. The van der Waals surface area contributed by atoms with Gasteiger partial charge >= 0.3 is 0 Å².